The van der Waals surface area contributed by atoms with Crippen LogP contribution in [-0.2, 0) is 4.79 Å². The minimum atomic E-state index is -0.459. The Hall–Kier alpha value is -2.89. The topological polar surface area (TPSA) is 84.3 Å². The summed E-state index contributed by atoms with van der Waals surface area (Å²) in [5.74, 6) is -0.255. The molecule has 0 fully saturated rings. The molecular weight excluding hydrogens is 294 g/mol. The molecule has 0 aliphatic carbocycles. The Kier molecular flexibility index (Phi) is 4.95. The number of nitrogens with one attached hydrogen (secondary N) is 2. The molecule has 2 aromatic carbocycles. The lowest BCUT2D eigenvalue weighted by Crippen LogP contribution is -2.22. The lowest BCUT2D eigenvalue weighted by molar-refractivity contribution is -0.385. The summed E-state index contributed by atoms with van der Waals surface area (Å²) in [6, 6.07) is 10.6. The predicted octanol–water partition coefficient (Wildman–Crippen LogP) is 3.57. The summed E-state index contributed by atoms with van der Waals surface area (Å²) >= 11 is 0. The van der Waals surface area contributed by atoms with Gasteiger partial charge >= 0.3 is 0 Å². The summed E-state index contributed by atoms with van der Waals surface area (Å²) in [7, 11) is 0. The van der Waals surface area contributed by atoms with Gasteiger partial charge in [-0.05, 0) is 44.0 Å². The van der Waals surface area contributed by atoms with Crippen LogP contribution in [0.5, 0.6) is 0 Å². The van der Waals surface area contributed by atoms with E-state index in [0.29, 0.717) is 11.3 Å². The normalized spacial score (nSPS) is 10.2. The number of hydrogen-bond acceptors (Lipinski definition) is 4. The van der Waals surface area contributed by atoms with E-state index in [0.717, 1.165) is 16.8 Å². The SMILES string of the molecule is Cc1ccc(C)c(NCC(=O)Nc2cccc([N+](=O)[O-])c2C)c1. The van der Waals surface area contributed by atoms with Gasteiger partial charge in [0, 0.05) is 11.8 Å². The number of nitro benzene ring substituents is 1. The van der Waals surface area contributed by atoms with Gasteiger partial charge in [-0.15, -0.1) is 0 Å². The second-order valence-corrected chi connectivity index (χ2v) is 5.43. The van der Waals surface area contributed by atoms with Gasteiger partial charge in [-0.1, -0.05) is 18.2 Å². The third-order valence-electron chi connectivity index (χ3n) is 3.61. The molecule has 0 unspecified atom stereocenters. The maximum Gasteiger partial charge on any atom is 0.274 e. The van der Waals surface area contributed by atoms with Crippen LogP contribution >= 0.6 is 0 Å². The van der Waals surface area contributed by atoms with Crippen molar-refractivity contribution in [2.75, 3.05) is 17.2 Å². The van der Waals surface area contributed by atoms with Gasteiger partial charge in [-0.2, -0.15) is 0 Å². The predicted molar refractivity (Wildman–Crippen MR) is 90.9 cm³/mol. The fraction of sp³-hybridized carbons (Fsp3) is 0.235. The van der Waals surface area contributed by atoms with Gasteiger partial charge in [0.1, 0.15) is 0 Å². The van der Waals surface area contributed by atoms with E-state index in [9.17, 15) is 14.9 Å². The number of rotatable bonds is 5. The van der Waals surface area contributed by atoms with Crippen molar-refractivity contribution in [1.29, 1.82) is 0 Å². The van der Waals surface area contributed by atoms with E-state index in [-0.39, 0.29) is 18.1 Å². The van der Waals surface area contributed by atoms with Crippen LogP contribution in [0.4, 0.5) is 17.1 Å². The fourth-order valence-electron chi connectivity index (χ4n) is 2.25. The van der Waals surface area contributed by atoms with Gasteiger partial charge in [0.05, 0.1) is 22.7 Å². The summed E-state index contributed by atoms with van der Waals surface area (Å²) in [5.41, 5.74) is 3.94. The van der Waals surface area contributed by atoms with Crippen molar-refractivity contribution in [3.63, 3.8) is 0 Å². The Labute approximate surface area is 134 Å². The number of aryl methyl sites for hydroxylation is 2. The van der Waals surface area contributed by atoms with Gasteiger partial charge in [-0.25, -0.2) is 0 Å². The Balaban J connectivity index is 2.04. The van der Waals surface area contributed by atoms with Gasteiger partial charge in [0.2, 0.25) is 5.91 Å². The number of anilines is 2. The number of nitrogens with zero attached hydrogens (tertiary/aromatic N) is 1. The molecule has 0 heterocycles. The minimum Gasteiger partial charge on any atom is -0.376 e. The van der Waals surface area contributed by atoms with E-state index in [4.69, 9.17) is 0 Å². The van der Waals surface area contributed by atoms with Crippen molar-refractivity contribution in [2.45, 2.75) is 20.8 Å². The molecule has 0 aromatic heterocycles. The molecule has 0 saturated carbocycles. The smallest absolute Gasteiger partial charge is 0.274 e. The Morgan fingerprint density at radius 2 is 1.87 bits per heavy atom. The first-order valence-corrected chi connectivity index (χ1v) is 7.23. The highest BCUT2D eigenvalue weighted by Crippen LogP contribution is 2.25. The molecule has 0 spiro atoms. The average Bonchev–Trinajstić information content (AvgIpc) is 2.50. The van der Waals surface area contributed by atoms with Gasteiger partial charge in [0.25, 0.3) is 5.69 Å². The molecule has 0 aliphatic heterocycles. The summed E-state index contributed by atoms with van der Waals surface area (Å²) in [6.07, 6.45) is 0. The number of hydrogen-bond donors (Lipinski definition) is 2. The van der Waals surface area contributed by atoms with Crippen LogP contribution in [0.25, 0.3) is 0 Å². The molecule has 2 aromatic rings. The van der Waals surface area contributed by atoms with E-state index in [1.807, 2.05) is 32.0 Å². The molecule has 2 N–H and O–H groups in total. The van der Waals surface area contributed by atoms with Crippen molar-refractivity contribution in [1.82, 2.24) is 0 Å². The fourth-order valence-corrected chi connectivity index (χ4v) is 2.25. The van der Waals surface area contributed by atoms with E-state index in [2.05, 4.69) is 10.6 Å². The average molecular weight is 313 g/mol. The molecular formula is C17H19N3O3. The number of benzene rings is 2. The zero-order valence-corrected chi connectivity index (χ0v) is 13.3. The molecule has 2 rings (SSSR count). The molecule has 0 radical (unpaired) electrons. The minimum absolute atomic E-state index is 0.00899. The lowest BCUT2D eigenvalue weighted by atomic mass is 10.1. The van der Waals surface area contributed by atoms with E-state index >= 15 is 0 Å². The maximum absolute atomic E-state index is 12.1. The zero-order valence-electron chi connectivity index (χ0n) is 13.3. The molecule has 6 heteroatoms. The lowest BCUT2D eigenvalue weighted by Gasteiger charge is -2.12. The second-order valence-electron chi connectivity index (χ2n) is 5.43. The van der Waals surface area contributed by atoms with Gasteiger partial charge in [0.15, 0.2) is 0 Å². The quantitative estimate of drug-likeness (QED) is 0.653. The van der Waals surface area contributed by atoms with Crippen molar-refractivity contribution < 1.29 is 9.72 Å². The van der Waals surface area contributed by atoms with Crippen molar-refractivity contribution in [3.8, 4) is 0 Å². The monoisotopic (exact) mass is 313 g/mol. The molecule has 0 atom stereocenters. The van der Waals surface area contributed by atoms with Gasteiger partial charge in [-0.3, -0.25) is 14.9 Å². The largest absolute Gasteiger partial charge is 0.376 e. The van der Waals surface area contributed by atoms with Crippen LogP contribution in [0.15, 0.2) is 36.4 Å². The van der Waals surface area contributed by atoms with Crippen LogP contribution in [0, 0.1) is 30.9 Å². The van der Waals surface area contributed by atoms with Crippen LogP contribution in [0.2, 0.25) is 0 Å². The second kappa shape index (κ2) is 6.91. The molecule has 1 amide bonds. The summed E-state index contributed by atoms with van der Waals surface area (Å²) in [4.78, 5) is 22.5. The number of carbonyl (C=O) groups is 1. The third kappa shape index (κ3) is 4.06. The highest BCUT2D eigenvalue weighted by molar-refractivity contribution is 5.95. The highest BCUT2D eigenvalue weighted by atomic mass is 16.6. The number of amides is 1. The number of carbonyl (C=O) groups excluding carboxylic acids is 1. The van der Waals surface area contributed by atoms with Crippen LogP contribution in [0.3, 0.4) is 0 Å². The molecule has 120 valence electrons. The zero-order chi connectivity index (χ0) is 17.0. The Morgan fingerprint density at radius 1 is 1.13 bits per heavy atom. The first-order valence-electron chi connectivity index (χ1n) is 7.23. The first-order chi connectivity index (χ1) is 10.9. The molecule has 6 nitrogen and oxygen atoms in total. The summed E-state index contributed by atoms with van der Waals surface area (Å²) in [6.45, 7) is 5.65. The van der Waals surface area contributed by atoms with Crippen LogP contribution in [-0.4, -0.2) is 17.4 Å². The molecule has 0 bridgehead atoms. The number of nitro groups is 1. The van der Waals surface area contributed by atoms with Crippen molar-refractivity contribution in [2.24, 2.45) is 0 Å². The molecule has 23 heavy (non-hydrogen) atoms. The van der Waals surface area contributed by atoms with E-state index in [1.54, 1.807) is 19.1 Å². The van der Waals surface area contributed by atoms with Crippen molar-refractivity contribution >= 4 is 23.0 Å². The highest BCUT2D eigenvalue weighted by Gasteiger charge is 2.14. The molecule has 0 saturated heterocycles. The Morgan fingerprint density at radius 3 is 2.57 bits per heavy atom. The van der Waals surface area contributed by atoms with Crippen LogP contribution in [0.1, 0.15) is 16.7 Å². The maximum atomic E-state index is 12.1. The van der Waals surface area contributed by atoms with Crippen molar-refractivity contribution in [3.05, 3.63) is 63.2 Å². The first kappa shape index (κ1) is 16.5. The third-order valence-corrected chi connectivity index (χ3v) is 3.61. The Bertz CT molecular complexity index is 757. The van der Waals surface area contributed by atoms with Gasteiger partial charge < -0.3 is 10.6 Å². The van der Waals surface area contributed by atoms with Crippen LogP contribution < -0.4 is 10.6 Å². The van der Waals surface area contributed by atoms with E-state index in [1.165, 1.54) is 6.07 Å². The van der Waals surface area contributed by atoms with E-state index < -0.39 is 4.92 Å². The standard InChI is InChI=1S/C17H19N3O3/c1-11-7-8-12(2)15(9-11)18-10-17(21)19-14-5-4-6-16(13(14)3)20(22)23/h4-9,18H,10H2,1-3H3,(H,19,21). The molecule has 0 aliphatic rings. The summed E-state index contributed by atoms with van der Waals surface area (Å²) < 4.78 is 0. The summed E-state index contributed by atoms with van der Waals surface area (Å²) in [5, 5.41) is 16.7.